The molecule has 0 bridgehead atoms. The maximum Gasteiger partial charge on any atom is 0.306 e. The number of rotatable bonds is 4. The van der Waals surface area contributed by atoms with Crippen LogP contribution in [0.1, 0.15) is 24.5 Å². The fourth-order valence-corrected chi connectivity index (χ4v) is 1.46. The van der Waals surface area contributed by atoms with E-state index in [4.69, 9.17) is 10.4 Å². The van der Waals surface area contributed by atoms with Gasteiger partial charge in [0.25, 0.3) is 0 Å². The zero-order valence-electron chi connectivity index (χ0n) is 8.60. The first kappa shape index (κ1) is 11.3. The van der Waals surface area contributed by atoms with Crippen LogP contribution >= 0.6 is 0 Å². The third kappa shape index (κ3) is 3.10. The molecule has 0 aromatic heterocycles. The molecular weight excluding hydrogens is 190 g/mol. The van der Waals surface area contributed by atoms with Crippen LogP contribution in [0, 0.1) is 17.2 Å². The van der Waals surface area contributed by atoms with Crippen LogP contribution in [-0.2, 0) is 11.2 Å². The Morgan fingerprint density at radius 1 is 1.60 bits per heavy atom. The van der Waals surface area contributed by atoms with E-state index in [9.17, 15) is 4.79 Å². The molecule has 0 saturated heterocycles. The van der Waals surface area contributed by atoms with E-state index in [1.807, 2.05) is 19.1 Å². The highest BCUT2D eigenvalue weighted by Gasteiger charge is 2.15. The van der Waals surface area contributed by atoms with E-state index in [0.717, 1.165) is 5.56 Å². The van der Waals surface area contributed by atoms with E-state index in [0.29, 0.717) is 18.4 Å². The summed E-state index contributed by atoms with van der Waals surface area (Å²) in [6.07, 6.45) is 1.09. The second-order valence-corrected chi connectivity index (χ2v) is 3.46. The molecule has 0 aliphatic heterocycles. The third-order valence-corrected chi connectivity index (χ3v) is 2.38. The van der Waals surface area contributed by atoms with E-state index in [1.54, 1.807) is 18.2 Å². The van der Waals surface area contributed by atoms with Crippen molar-refractivity contribution in [2.24, 2.45) is 5.92 Å². The average molecular weight is 203 g/mol. The largest absolute Gasteiger partial charge is 0.481 e. The Hall–Kier alpha value is -1.82. The molecule has 0 saturated carbocycles. The molecule has 0 spiro atoms. The summed E-state index contributed by atoms with van der Waals surface area (Å²) in [6, 6.07) is 9.13. The fourth-order valence-electron chi connectivity index (χ4n) is 1.46. The number of carboxylic acids is 1. The van der Waals surface area contributed by atoms with Gasteiger partial charge >= 0.3 is 5.97 Å². The molecule has 0 fully saturated rings. The van der Waals surface area contributed by atoms with Gasteiger partial charge in [-0.05, 0) is 30.5 Å². The SMILES string of the molecule is CC[C@@H](Cc1cccc(C#N)c1)C(=O)O. The van der Waals surface area contributed by atoms with E-state index >= 15 is 0 Å². The summed E-state index contributed by atoms with van der Waals surface area (Å²) in [5, 5.41) is 17.6. The van der Waals surface area contributed by atoms with E-state index < -0.39 is 5.97 Å². The van der Waals surface area contributed by atoms with Gasteiger partial charge in [-0.1, -0.05) is 19.1 Å². The van der Waals surface area contributed by atoms with Crippen LogP contribution in [0.15, 0.2) is 24.3 Å². The number of carboxylic acid groups (broad SMARTS) is 1. The lowest BCUT2D eigenvalue weighted by atomic mass is 9.96. The number of benzene rings is 1. The summed E-state index contributed by atoms with van der Waals surface area (Å²) in [7, 11) is 0. The number of nitrogens with zero attached hydrogens (tertiary/aromatic N) is 1. The number of hydrogen-bond donors (Lipinski definition) is 1. The van der Waals surface area contributed by atoms with Crippen molar-refractivity contribution in [1.82, 2.24) is 0 Å². The first-order valence-corrected chi connectivity index (χ1v) is 4.89. The maximum absolute atomic E-state index is 10.8. The monoisotopic (exact) mass is 203 g/mol. The minimum absolute atomic E-state index is 0.362. The first-order valence-electron chi connectivity index (χ1n) is 4.89. The van der Waals surface area contributed by atoms with E-state index in [-0.39, 0.29) is 5.92 Å². The molecule has 3 nitrogen and oxygen atoms in total. The Morgan fingerprint density at radius 2 is 2.33 bits per heavy atom. The maximum atomic E-state index is 10.8. The van der Waals surface area contributed by atoms with E-state index in [2.05, 4.69) is 0 Å². The molecule has 0 heterocycles. The molecule has 1 atom stereocenters. The predicted octanol–water partition coefficient (Wildman–Crippen LogP) is 2.21. The lowest BCUT2D eigenvalue weighted by Gasteiger charge is -2.09. The van der Waals surface area contributed by atoms with Crippen molar-refractivity contribution < 1.29 is 9.90 Å². The van der Waals surface area contributed by atoms with Crippen LogP contribution in [-0.4, -0.2) is 11.1 Å². The molecule has 78 valence electrons. The van der Waals surface area contributed by atoms with Gasteiger partial charge in [-0.25, -0.2) is 0 Å². The van der Waals surface area contributed by atoms with Crippen molar-refractivity contribution in [2.45, 2.75) is 19.8 Å². The van der Waals surface area contributed by atoms with Gasteiger partial charge in [0.2, 0.25) is 0 Å². The van der Waals surface area contributed by atoms with Gasteiger partial charge in [-0.2, -0.15) is 5.26 Å². The van der Waals surface area contributed by atoms with E-state index in [1.165, 1.54) is 0 Å². The van der Waals surface area contributed by atoms with Crippen molar-refractivity contribution in [3.05, 3.63) is 35.4 Å². The minimum atomic E-state index is -0.778. The van der Waals surface area contributed by atoms with Crippen LogP contribution in [0.4, 0.5) is 0 Å². The van der Waals surface area contributed by atoms with Crippen molar-refractivity contribution in [2.75, 3.05) is 0 Å². The van der Waals surface area contributed by atoms with Crippen LogP contribution in [0.5, 0.6) is 0 Å². The second-order valence-electron chi connectivity index (χ2n) is 3.46. The van der Waals surface area contributed by atoms with Gasteiger partial charge in [0.1, 0.15) is 0 Å². The van der Waals surface area contributed by atoms with Crippen LogP contribution in [0.2, 0.25) is 0 Å². The zero-order valence-corrected chi connectivity index (χ0v) is 8.60. The molecule has 0 aliphatic carbocycles. The first-order chi connectivity index (χ1) is 7.17. The Kier molecular flexibility index (Phi) is 3.87. The second kappa shape index (κ2) is 5.16. The van der Waals surface area contributed by atoms with Crippen molar-refractivity contribution in [3.8, 4) is 6.07 Å². The topological polar surface area (TPSA) is 61.1 Å². The quantitative estimate of drug-likeness (QED) is 0.816. The summed E-state index contributed by atoms with van der Waals surface area (Å²) in [5.41, 5.74) is 1.48. The molecule has 1 N–H and O–H groups in total. The van der Waals surface area contributed by atoms with Crippen LogP contribution in [0.3, 0.4) is 0 Å². The Bertz CT molecular complexity index is 393. The number of nitriles is 1. The predicted molar refractivity (Wildman–Crippen MR) is 56.3 cm³/mol. The van der Waals surface area contributed by atoms with Crippen molar-refractivity contribution in [1.29, 1.82) is 5.26 Å². The summed E-state index contributed by atoms with van der Waals surface area (Å²) < 4.78 is 0. The zero-order chi connectivity index (χ0) is 11.3. The lowest BCUT2D eigenvalue weighted by Crippen LogP contribution is -2.15. The highest BCUT2D eigenvalue weighted by atomic mass is 16.4. The molecular formula is C12H13NO2. The van der Waals surface area contributed by atoms with Crippen molar-refractivity contribution >= 4 is 5.97 Å². The summed E-state index contributed by atoms with van der Waals surface area (Å²) in [6.45, 7) is 1.85. The molecule has 0 unspecified atom stereocenters. The Balaban J connectivity index is 2.80. The molecule has 0 aliphatic rings. The molecule has 0 amide bonds. The Morgan fingerprint density at radius 3 is 2.87 bits per heavy atom. The van der Waals surface area contributed by atoms with Gasteiger partial charge in [0, 0.05) is 0 Å². The van der Waals surface area contributed by atoms with Gasteiger partial charge in [-0.3, -0.25) is 4.79 Å². The molecule has 1 rings (SSSR count). The molecule has 3 heteroatoms. The fraction of sp³-hybridized carbons (Fsp3) is 0.333. The van der Waals surface area contributed by atoms with Gasteiger partial charge in [0.05, 0.1) is 17.6 Å². The van der Waals surface area contributed by atoms with Gasteiger partial charge < -0.3 is 5.11 Å². The number of hydrogen-bond acceptors (Lipinski definition) is 2. The minimum Gasteiger partial charge on any atom is -0.481 e. The molecule has 0 radical (unpaired) electrons. The standard InChI is InChI=1S/C12H13NO2/c1-2-11(12(14)15)7-9-4-3-5-10(6-9)8-13/h3-6,11H,2,7H2,1H3,(H,14,15)/t11-/m0/s1. The summed E-state index contributed by atoms with van der Waals surface area (Å²) in [5.74, 6) is -1.14. The molecule has 1 aromatic carbocycles. The third-order valence-electron chi connectivity index (χ3n) is 2.38. The molecule has 15 heavy (non-hydrogen) atoms. The highest BCUT2D eigenvalue weighted by Crippen LogP contribution is 2.13. The Labute approximate surface area is 89.0 Å². The number of carbonyl (C=O) groups is 1. The van der Waals surface area contributed by atoms with Gasteiger partial charge in [0.15, 0.2) is 0 Å². The summed E-state index contributed by atoms with van der Waals surface area (Å²) in [4.78, 5) is 10.8. The highest BCUT2D eigenvalue weighted by molar-refractivity contribution is 5.70. The van der Waals surface area contributed by atoms with Crippen LogP contribution < -0.4 is 0 Å². The molecule has 1 aromatic rings. The summed E-state index contributed by atoms with van der Waals surface area (Å²) >= 11 is 0. The average Bonchev–Trinajstić information content (AvgIpc) is 2.25. The smallest absolute Gasteiger partial charge is 0.306 e. The number of aliphatic carboxylic acids is 1. The van der Waals surface area contributed by atoms with Gasteiger partial charge in [-0.15, -0.1) is 0 Å². The normalized spacial score (nSPS) is 11.7. The van der Waals surface area contributed by atoms with Crippen molar-refractivity contribution in [3.63, 3.8) is 0 Å². The van der Waals surface area contributed by atoms with Crippen LogP contribution in [0.25, 0.3) is 0 Å². The lowest BCUT2D eigenvalue weighted by molar-refractivity contribution is -0.141.